The topological polar surface area (TPSA) is 77.7 Å². The van der Waals surface area contributed by atoms with Gasteiger partial charge in [-0.25, -0.2) is 0 Å². The molecule has 1 aliphatic heterocycles. The lowest BCUT2D eigenvalue weighted by molar-refractivity contribution is -0.138. The number of benzene rings is 1. The first-order valence-corrected chi connectivity index (χ1v) is 8.49. The van der Waals surface area contributed by atoms with E-state index in [-0.39, 0.29) is 25.2 Å². The summed E-state index contributed by atoms with van der Waals surface area (Å²) in [6, 6.07) is 7.68. The van der Waals surface area contributed by atoms with E-state index in [0.717, 1.165) is 30.7 Å². The van der Waals surface area contributed by atoms with Crippen LogP contribution in [0.15, 0.2) is 28.8 Å². The summed E-state index contributed by atoms with van der Waals surface area (Å²) < 4.78 is 16.5. The van der Waals surface area contributed by atoms with Gasteiger partial charge in [-0.15, -0.1) is 0 Å². The zero-order chi connectivity index (χ0) is 17.6. The highest BCUT2D eigenvalue weighted by atomic mass is 16.5. The van der Waals surface area contributed by atoms with Gasteiger partial charge in [0.1, 0.15) is 12.4 Å². The number of carbonyl (C=O) groups excluding carboxylic acids is 1. The van der Waals surface area contributed by atoms with Gasteiger partial charge >= 0.3 is 0 Å². The average molecular weight is 345 g/mol. The Morgan fingerprint density at radius 2 is 2.20 bits per heavy atom. The molecule has 1 saturated heterocycles. The molecular formula is C18H23N3O4. The minimum atomic E-state index is -0.0247. The fourth-order valence-electron chi connectivity index (χ4n) is 2.84. The average Bonchev–Trinajstić information content (AvgIpc) is 3.04. The van der Waals surface area contributed by atoms with Crippen molar-refractivity contribution in [3.63, 3.8) is 0 Å². The first-order chi connectivity index (χ1) is 12.1. The molecule has 2 aromatic rings. The lowest BCUT2D eigenvalue weighted by Crippen LogP contribution is -2.45. The molecule has 0 radical (unpaired) electrons. The van der Waals surface area contributed by atoms with E-state index < -0.39 is 0 Å². The molecule has 7 nitrogen and oxygen atoms in total. The fraction of sp³-hybridized carbons (Fsp3) is 0.500. The Morgan fingerprint density at radius 3 is 2.96 bits per heavy atom. The molecule has 134 valence electrons. The largest absolute Gasteiger partial charge is 0.484 e. The molecule has 1 amide bonds. The van der Waals surface area contributed by atoms with E-state index in [1.807, 2.05) is 31.2 Å². The number of ether oxygens (including phenoxy) is 2. The highest BCUT2D eigenvalue weighted by Crippen LogP contribution is 2.18. The molecule has 0 saturated carbocycles. The van der Waals surface area contributed by atoms with E-state index in [2.05, 4.69) is 10.1 Å². The molecule has 0 spiro atoms. The smallest absolute Gasteiger partial charge is 0.260 e. The Morgan fingerprint density at radius 1 is 1.36 bits per heavy atom. The zero-order valence-corrected chi connectivity index (χ0v) is 14.6. The highest BCUT2D eigenvalue weighted by molar-refractivity contribution is 5.78. The van der Waals surface area contributed by atoms with E-state index >= 15 is 0 Å². The highest BCUT2D eigenvalue weighted by Gasteiger charge is 2.25. The normalized spacial score (nSPS) is 17.5. The van der Waals surface area contributed by atoms with Gasteiger partial charge in [0.25, 0.3) is 11.8 Å². The van der Waals surface area contributed by atoms with Gasteiger partial charge in [-0.05, 0) is 38.3 Å². The molecule has 1 atom stereocenters. The second-order valence-corrected chi connectivity index (χ2v) is 6.20. The predicted molar refractivity (Wildman–Crippen MR) is 90.1 cm³/mol. The van der Waals surface area contributed by atoms with Crippen LogP contribution in [-0.4, -0.2) is 46.7 Å². The van der Waals surface area contributed by atoms with Crippen molar-refractivity contribution in [2.45, 2.75) is 39.4 Å². The second kappa shape index (κ2) is 8.11. The molecule has 0 bridgehead atoms. The number of aryl methyl sites for hydroxylation is 2. The Kier molecular flexibility index (Phi) is 5.65. The summed E-state index contributed by atoms with van der Waals surface area (Å²) in [6.45, 7) is 5.33. The number of rotatable bonds is 6. The van der Waals surface area contributed by atoms with Crippen LogP contribution in [0.25, 0.3) is 0 Å². The van der Waals surface area contributed by atoms with Crippen LogP contribution in [0.5, 0.6) is 5.75 Å². The van der Waals surface area contributed by atoms with Crippen LogP contribution in [0.2, 0.25) is 0 Å². The third-order valence-electron chi connectivity index (χ3n) is 4.19. The summed E-state index contributed by atoms with van der Waals surface area (Å²) in [7, 11) is 0. The van der Waals surface area contributed by atoms with Crippen LogP contribution in [0, 0.1) is 13.8 Å². The van der Waals surface area contributed by atoms with Crippen molar-refractivity contribution in [3.8, 4) is 5.75 Å². The monoisotopic (exact) mass is 345 g/mol. The molecule has 0 aliphatic carbocycles. The van der Waals surface area contributed by atoms with Crippen molar-refractivity contribution in [2.75, 3.05) is 19.7 Å². The molecule has 0 unspecified atom stereocenters. The zero-order valence-electron chi connectivity index (χ0n) is 14.6. The van der Waals surface area contributed by atoms with Crippen molar-refractivity contribution in [2.24, 2.45) is 0 Å². The van der Waals surface area contributed by atoms with E-state index in [4.69, 9.17) is 14.0 Å². The maximum Gasteiger partial charge on any atom is 0.260 e. The number of amides is 1. The number of hydrogen-bond acceptors (Lipinski definition) is 6. The van der Waals surface area contributed by atoms with Gasteiger partial charge in [0.2, 0.25) is 0 Å². The number of hydrogen-bond donors (Lipinski definition) is 0. The lowest BCUT2D eigenvalue weighted by Gasteiger charge is -2.32. The first-order valence-electron chi connectivity index (χ1n) is 8.49. The van der Waals surface area contributed by atoms with Gasteiger partial charge in [-0.3, -0.25) is 4.79 Å². The lowest BCUT2D eigenvalue weighted by atomic mass is 10.1. The summed E-state index contributed by atoms with van der Waals surface area (Å²) in [5, 5.41) is 3.74. The molecule has 7 heteroatoms. The summed E-state index contributed by atoms with van der Waals surface area (Å²) in [5.74, 6) is 1.77. The Labute approximate surface area is 146 Å². The van der Waals surface area contributed by atoms with Crippen molar-refractivity contribution in [1.82, 2.24) is 15.0 Å². The summed E-state index contributed by atoms with van der Waals surface area (Å²) >= 11 is 0. The van der Waals surface area contributed by atoms with Gasteiger partial charge in [0.15, 0.2) is 12.4 Å². The number of para-hydroxylation sites is 1. The number of carbonyl (C=O) groups is 1. The molecule has 1 aliphatic rings. The molecule has 2 heterocycles. The summed E-state index contributed by atoms with van der Waals surface area (Å²) in [6.07, 6.45) is 1.79. The molecule has 0 N–H and O–H groups in total. The number of piperidine rings is 1. The summed E-state index contributed by atoms with van der Waals surface area (Å²) in [4.78, 5) is 18.3. The molecule has 1 aromatic carbocycles. The Hall–Kier alpha value is -2.41. The van der Waals surface area contributed by atoms with E-state index in [0.29, 0.717) is 18.3 Å². The minimum absolute atomic E-state index is 0.0230. The quantitative estimate of drug-likeness (QED) is 0.799. The molecular weight excluding hydrogens is 322 g/mol. The third-order valence-corrected chi connectivity index (χ3v) is 4.19. The molecule has 1 aromatic heterocycles. The van der Waals surface area contributed by atoms with Gasteiger partial charge < -0.3 is 18.9 Å². The molecule has 1 fully saturated rings. The van der Waals surface area contributed by atoms with Crippen molar-refractivity contribution >= 4 is 5.91 Å². The molecule has 3 rings (SSSR count). The van der Waals surface area contributed by atoms with E-state index in [9.17, 15) is 4.79 Å². The van der Waals surface area contributed by atoms with Crippen LogP contribution < -0.4 is 4.74 Å². The molecule has 25 heavy (non-hydrogen) atoms. The van der Waals surface area contributed by atoms with Crippen LogP contribution in [0.1, 0.15) is 30.1 Å². The van der Waals surface area contributed by atoms with Crippen LogP contribution in [0.3, 0.4) is 0 Å². The van der Waals surface area contributed by atoms with Gasteiger partial charge in [0.05, 0.1) is 6.10 Å². The van der Waals surface area contributed by atoms with Crippen molar-refractivity contribution in [3.05, 3.63) is 41.5 Å². The fourth-order valence-corrected chi connectivity index (χ4v) is 2.84. The van der Waals surface area contributed by atoms with Gasteiger partial charge in [-0.2, -0.15) is 4.98 Å². The number of likely N-dealkylation sites (tertiary alicyclic amines) is 1. The summed E-state index contributed by atoms with van der Waals surface area (Å²) in [5.41, 5.74) is 1.02. The maximum absolute atomic E-state index is 12.4. The van der Waals surface area contributed by atoms with Crippen LogP contribution in [0.4, 0.5) is 0 Å². The van der Waals surface area contributed by atoms with Crippen molar-refractivity contribution in [1.29, 1.82) is 0 Å². The maximum atomic E-state index is 12.4. The van der Waals surface area contributed by atoms with Gasteiger partial charge in [0, 0.05) is 13.1 Å². The SMILES string of the molecule is Cc1noc(CO[C@H]2CCCN(C(=O)COc3ccccc3C)C2)n1. The van der Waals surface area contributed by atoms with E-state index in [1.165, 1.54) is 0 Å². The number of nitrogens with zero attached hydrogens (tertiary/aromatic N) is 3. The number of aromatic nitrogens is 2. The predicted octanol–water partition coefficient (Wildman–Crippen LogP) is 2.27. The third kappa shape index (κ3) is 4.79. The van der Waals surface area contributed by atoms with Gasteiger partial charge in [-0.1, -0.05) is 23.4 Å². The standard InChI is InChI=1S/C18H23N3O4/c1-13-6-3-4-8-16(13)24-12-18(22)21-9-5-7-15(10-21)23-11-17-19-14(2)20-25-17/h3-4,6,8,15H,5,7,9-12H2,1-2H3/t15-/m0/s1. The second-order valence-electron chi connectivity index (χ2n) is 6.20. The Balaban J connectivity index is 1.47. The van der Waals surface area contributed by atoms with Crippen molar-refractivity contribution < 1.29 is 18.8 Å². The van der Waals surface area contributed by atoms with Crippen LogP contribution in [-0.2, 0) is 16.1 Å². The first kappa shape index (κ1) is 17.4. The van der Waals surface area contributed by atoms with E-state index in [1.54, 1.807) is 11.8 Å². The Bertz CT molecular complexity index is 716. The van der Waals surface area contributed by atoms with Crippen LogP contribution >= 0.6 is 0 Å². The minimum Gasteiger partial charge on any atom is -0.484 e.